The van der Waals surface area contributed by atoms with Crippen molar-refractivity contribution in [1.29, 1.82) is 0 Å². The number of halogens is 1. The molecule has 3 aromatic rings. The van der Waals surface area contributed by atoms with E-state index in [-0.39, 0.29) is 23.8 Å². The quantitative estimate of drug-likeness (QED) is 0.283. The van der Waals surface area contributed by atoms with Gasteiger partial charge in [-0.15, -0.1) is 12.4 Å². The molecule has 0 spiro atoms. The number of nitrogens with zero attached hydrogens (tertiary/aromatic N) is 3. The van der Waals surface area contributed by atoms with Crippen LogP contribution in [-0.4, -0.2) is 49.1 Å². The summed E-state index contributed by atoms with van der Waals surface area (Å²) in [6.07, 6.45) is 0.920. The summed E-state index contributed by atoms with van der Waals surface area (Å²) in [5, 5.41) is 16.5. The molecule has 3 rings (SSSR count). The summed E-state index contributed by atoms with van der Waals surface area (Å²) in [5.74, 6) is 0.232. The minimum absolute atomic E-state index is 0. The lowest BCUT2D eigenvalue weighted by molar-refractivity contribution is -0.383. The zero-order chi connectivity index (χ0) is 18.7. The third kappa shape index (κ3) is 4.20. The number of aromatic nitrogens is 1. The fourth-order valence-corrected chi connectivity index (χ4v) is 3.09. The second kappa shape index (κ2) is 8.83. The molecule has 1 N–H and O–H groups in total. The van der Waals surface area contributed by atoms with Crippen molar-refractivity contribution in [2.75, 3.05) is 39.6 Å². The number of methoxy groups -OCH3 is 1. The van der Waals surface area contributed by atoms with Gasteiger partial charge in [-0.2, -0.15) is 0 Å². The highest BCUT2D eigenvalue weighted by Crippen LogP contribution is 2.41. The average Bonchev–Trinajstić information content (AvgIpc) is 2.62. The number of ether oxygens (including phenoxy) is 1. The van der Waals surface area contributed by atoms with Crippen LogP contribution in [0.1, 0.15) is 6.42 Å². The molecule has 1 aromatic heterocycles. The Labute approximate surface area is 163 Å². The van der Waals surface area contributed by atoms with Crippen molar-refractivity contribution in [1.82, 2.24) is 9.88 Å². The molecular formula is C19H23ClN4O3. The van der Waals surface area contributed by atoms with Gasteiger partial charge in [0.05, 0.1) is 28.8 Å². The maximum atomic E-state index is 11.8. The monoisotopic (exact) mass is 390 g/mol. The minimum Gasteiger partial charge on any atom is -0.490 e. The normalized spacial score (nSPS) is 10.8. The standard InChI is InChI=1S/C19H22N4O3.ClH/c1-22(2)12-6-11-20-18-13-7-4-5-8-14(13)21-15-9-10-16(26-3)19(17(15)18)23(24)25;/h4-5,7-10H,6,11-12H2,1-3H3,(H,20,21);1H. The Morgan fingerprint density at radius 3 is 2.59 bits per heavy atom. The smallest absolute Gasteiger partial charge is 0.322 e. The first-order valence-corrected chi connectivity index (χ1v) is 8.45. The number of nitro groups is 1. The van der Waals surface area contributed by atoms with Crippen LogP contribution in [0, 0.1) is 10.1 Å². The topological polar surface area (TPSA) is 80.5 Å². The molecule has 0 fully saturated rings. The van der Waals surface area contributed by atoms with E-state index in [1.807, 2.05) is 38.4 Å². The van der Waals surface area contributed by atoms with Crippen LogP contribution in [0.15, 0.2) is 36.4 Å². The van der Waals surface area contributed by atoms with Crippen LogP contribution >= 0.6 is 12.4 Å². The number of anilines is 1. The van der Waals surface area contributed by atoms with E-state index < -0.39 is 4.92 Å². The van der Waals surface area contributed by atoms with Gasteiger partial charge in [0.15, 0.2) is 5.75 Å². The molecule has 27 heavy (non-hydrogen) atoms. The number of fused-ring (bicyclic) bond motifs is 2. The van der Waals surface area contributed by atoms with Crippen LogP contribution < -0.4 is 10.1 Å². The maximum Gasteiger partial charge on any atom is 0.322 e. The second-order valence-corrected chi connectivity index (χ2v) is 6.36. The van der Waals surface area contributed by atoms with Gasteiger partial charge >= 0.3 is 5.69 Å². The Hall–Kier alpha value is -2.64. The van der Waals surface area contributed by atoms with Gasteiger partial charge in [-0.1, -0.05) is 18.2 Å². The molecule has 7 nitrogen and oxygen atoms in total. The van der Waals surface area contributed by atoms with E-state index in [0.717, 1.165) is 29.6 Å². The zero-order valence-electron chi connectivity index (χ0n) is 15.6. The van der Waals surface area contributed by atoms with Crippen LogP contribution in [0.3, 0.4) is 0 Å². The van der Waals surface area contributed by atoms with Crippen LogP contribution in [-0.2, 0) is 0 Å². The van der Waals surface area contributed by atoms with E-state index in [9.17, 15) is 10.1 Å². The maximum absolute atomic E-state index is 11.8. The largest absolute Gasteiger partial charge is 0.490 e. The van der Waals surface area contributed by atoms with Gasteiger partial charge in [-0.3, -0.25) is 10.1 Å². The molecule has 0 radical (unpaired) electrons. The van der Waals surface area contributed by atoms with E-state index in [4.69, 9.17) is 4.74 Å². The predicted octanol–water partition coefficient (Wildman–Crippen LogP) is 4.09. The average molecular weight is 391 g/mol. The highest BCUT2D eigenvalue weighted by molar-refractivity contribution is 6.12. The lowest BCUT2D eigenvalue weighted by Crippen LogP contribution is -2.16. The zero-order valence-corrected chi connectivity index (χ0v) is 16.4. The predicted molar refractivity (Wildman–Crippen MR) is 111 cm³/mol. The Morgan fingerprint density at radius 2 is 1.93 bits per heavy atom. The van der Waals surface area contributed by atoms with E-state index in [2.05, 4.69) is 15.2 Å². The summed E-state index contributed by atoms with van der Waals surface area (Å²) < 4.78 is 5.24. The Morgan fingerprint density at radius 1 is 1.19 bits per heavy atom. The van der Waals surface area contributed by atoms with Crippen LogP contribution in [0.2, 0.25) is 0 Å². The van der Waals surface area contributed by atoms with Crippen LogP contribution in [0.5, 0.6) is 5.75 Å². The highest BCUT2D eigenvalue weighted by atomic mass is 35.5. The summed E-state index contributed by atoms with van der Waals surface area (Å²) in [4.78, 5) is 18.1. The van der Waals surface area contributed by atoms with E-state index >= 15 is 0 Å². The molecule has 0 amide bonds. The van der Waals surface area contributed by atoms with Gasteiger partial charge in [0.25, 0.3) is 0 Å². The molecule has 0 saturated carbocycles. The van der Waals surface area contributed by atoms with Crippen molar-refractivity contribution in [2.45, 2.75) is 6.42 Å². The van der Waals surface area contributed by atoms with Crippen LogP contribution in [0.4, 0.5) is 11.4 Å². The number of nitrogens with one attached hydrogen (secondary N) is 1. The SMILES string of the molecule is COc1ccc2nc3ccccc3c(NCCCN(C)C)c2c1[N+](=O)[O-].Cl. The molecule has 0 saturated heterocycles. The lowest BCUT2D eigenvalue weighted by atomic mass is 10.1. The molecule has 144 valence electrons. The molecule has 2 aromatic carbocycles. The molecule has 1 heterocycles. The lowest BCUT2D eigenvalue weighted by Gasteiger charge is -2.15. The first-order chi connectivity index (χ1) is 12.5. The Bertz CT molecular complexity index is 962. The molecule has 8 heteroatoms. The van der Waals surface area contributed by atoms with Crippen molar-refractivity contribution in [2.24, 2.45) is 0 Å². The molecule has 0 aliphatic carbocycles. The van der Waals surface area contributed by atoms with E-state index in [1.54, 1.807) is 12.1 Å². The molecule has 0 bridgehead atoms. The molecule has 0 atom stereocenters. The highest BCUT2D eigenvalue weighted by Gasteiger charge is 2.24. The van der Waals surface area contributed by atoms with Gasteiger partial charge in [-0.05, 0) is 45.3 Å². The summed E-state index contributed by atoms with van der Waals surface area (Å²) in [5.41, 5.74) is 2.05. The number of nitro benzene ring substituents is 1. The number of rotatable bonds is 7. The van der Waals surface area contributed by atoms with E-state index in [0.29, 0.717) is 17.4 Å². The first-order valence-electron chi connectivity index (χ1n) is 8.45. The summed E-state index contributed by atoms with van der Waals surface area (Å²) in [6, 6.07) is 11.0. The van der Waals surface area contributed by atoms with Crippen LogP contribution in [0.25, 0.3) is 21.8 Å². The van der Waals surface area contributed by atoms with Gasteiger partial charge in [0.2, 0.25) is 0 Å². The molecule has 0 unspecified atom stereocenters. The number of para-hydroxylation sites is 1. The molecule has 0 aliphatic rings. The number of pyridine rings is 1. The van der Waals surface area contributed by atoms with E-state index in [1.165, 1.54) is 7.11 Å². The third-order valence-corrected chi connectivity index (χ3v) is 4.27. The fraction of sp³-hybridized carbons (Fsp3) is 0.316. The summed E-state index contributed by atoms with van der Waals surface area (Å²) >= 11 is 0. The minimum atomic E-state index is -0.400. The van der Waals surface area contributed by atoms with Gasteiger partial charge in [0, 0.05) is 11.9 Å². The molecular weight excluding hydrogens is 368 g/mol. The third-order valence-electron chi connectivity index (χ3n) is 4.27. The van der Waals surface area contributed by atoms with Gasteiger partial charge in [0.1, 0.15) is 5.39 Å². The number of hydrogen-bond acceptors (Lipinski definition) is 6. The Balaban J connectivity index is 0.00000261. The van der Waals surface area contributed by atoms with Crippen molar-refractivity contribution < 1.29 is 9.66 Å². The van der Waals surface area contributed by atoms with Crippen molar-refractivity contribution in [3.8, 4) is 5.75 Å². The second-order valence-electron chi connectivity index (χ2n) is 6.36. The fourth-order valence-electron chi connectivity index (χ4n) is 3.09. The number of hydrogen-bond donors (Lipinski definition) is 1. The summed E-state index contributed by atoms with van der Waals surface area (Å²) in [7, 11) is 5.48. The summed E-state index contributed by atoms with van der Waals surface area (Å²) in [6.45, 7) is 1.63. The molecule has 0 aliphatic heterocycles. The van der Waals surface area contributed by atoms with Crippen molar-refractivity contribution in [3.63, 3.8) is 0 Å². The van der Waals surface area contributed by atoms with Gasteiger partial charge < -0.3 is 15.0 Å². The van der Waals surface area contributed by atoms with Crippen molar-refractivity contribution in [3.05, 3.63) is 46.5 Å². The van der Waals surface area contributed by atoms with Crippen molar-refractivity contribution >= 4 is 45.6 Å². The first kappa shape index (κ1) is 20.7. The number of benzene rings is 2. The van der Waals surface area contributed by atoms with Gasteiger partial charge in [-0.25, -0.2) is 4.98 Å². The Kier molecular flexibility index (Phi) is 6.76.